The first kappa shape index (κ1) is 15.0. The molecule has 5 heteroatoms. The first-order valence-corrected chi connectivity index (χ1v) is 9.37. The molecule has 3 heterocycles. The normalized spacial score (nSPS) is 16.0. The van der Waals surface area contributed by atoms with Gasteiger partial charge in [0.2, 0.25) is 0 Å². The van der Waals surface area contributed by atoms with E-state index in [2.05, 4.69) is 35.5 Å². The van der Waals surface area contributed by atoms with E-state index in [9.17, 15) is 0 Å². The van der Waals surface area contributed by atoms with E-state index in [1.54, 1.807) is 4.88 Å². The summed E-state index contributed by atoms with van der Waals surface area (Å²) in [6.45, 7) is 7.57. The van der Waals surface area contributed by atoms with Crippen LogP contribution < -0.4 is 10.2 Å². The van der Waals surface area contributed by atoms with Gasteiger partial charge in [0.25, 0.3) is 0 Å². The summed E-state index contributed by atoms with van der Waals surface area (Å²) in [5.74, 6) is 0.542. The number of hydrogen-bond donors (Lipinski definition) is 1. The number of thiophene rings is 1. The topological polar surface area (TPSA) is 28.2 Å². The molecule has 1 aliphatic rings. The van der Waals surface area contributed by atoms with Crippen molar-refractivity contribution in [1.29, 1.82) is 0 Å². The number of nitrogens with one attached hydrogen (secondary N) is 1. The van der Waals surface area contributed by atoms with Gasteiger partial charge in [-0.2, -0.15) is 0 Å². The van der Waals surface area contributed by atoms with Crippen LogP contribution >= 0.6 is 22.7 Å². The number of fused-ring (bicyclic) bond motifs is 1. The first-order valence-electron chi connectivity index (χ1n) is 7.67. The Balaban J connectivity index is 1.86. The molecule has 1 aliphatic heterocycles. The van der Waals surface area contributed by atoms with Crippen molar-refractivity contribution < 1.29 is 0 Å². The Morgan fingerprint density at radius 1 is 1.48 bits per heavy atom. The molecule has 114 valence electrons. The Morgan fingerprint density at radius 2 is 2.33 bits per heavy atom. The molecule has 0 fully saturated rings. The van der Waals surface area contributed by atoms with Crippen molar-refractivity contribution in [2.75, 3.05) is 18.5 Å². The van der Waals surface area contributed by atoms with Gasteiger partial charge in [0.1, 0.15) is 0 Å². The molecule has 0 saturated carbocycles. The smallest absolute Gasteiger partial charge is 0.186 e. The van der Waals surface area contributed by atoms with Gasteiger partial charge in [0.05, 0.1) is 5.69 Å². The molecule has 0 spiro atoms. The van der Waals surface area contributed by atoms with Crippen molar-refractivity contribution in [3.63, 3.8) is 0 Å². The molecule has 1 unspecified atom stereocenters. The Morgan fingerprint density at radius 3 is 3.10 bits per heavy atom. The Kier molecular flexibility index (Phi) is 4.62. The van der Waals surface area contributed by atoms with Crippen LogP contribution in [0.1, 0.15) is 47.2 Å². The first-order chi connectivity index (χ1) is 10.2. The van der Waals surface area contributed by atoms with Gasteiger partial charge >= 0.3 is 0 Å². The second-order valence-electron chi connectivity index (χ2n) is 5.69. The Hall–Kier alpha value is -0.910. The van der Waals surface area contributed by atoms with Crippen LogP contribution in [0.5, 0.6) is 0 Å². The third-order valence-corrected chi connectivity index (χ3v) is 6.37. The van der Waals surface area contributed by atoms with E-state index in [1.165, 1.54) is 21.3 Å². The minimum Gasteiger partial charge on any atom is -0.343 e. The second kappa shape index (κ2) is 6.46. The molecule has 0 saturated heterocycles. The van der Waals surface area contributed by atoms with Gasteiger partial charge in [0.15, 0.2) is 5.13 Å². The van der Waals surface area contributed by atoms with Crippen molar-refractivity contribution in [2.24, 2.45) is 0 Å². The molecule has 3 nitrogen and oxygen atoms in total. The van der Waals surface area contributed by atoms with Gasteiger partial charge in [-0.3, -0.25) is 0 Å². The predicted octanol–water partition coefficient (Wildman–Crippen LogP) is 4.00. The lowest BCUT2D eigenvalue weighted by Crippen LogP contribution is -2.29. The second-order valence-corrected chi connectivity index (χ2v) is 7.75. The Bertz CT molecular complexity index is 602. The fourth-order valence-corrected chi connectivity index (χ4v) is 4.87. The van der Waals surface area contributed by atoms with Crippen molar-refractivity contribution in [3.8, 4) is 0 Å². The number of aromatic nitrogens is 1. The van der Waals surface area contributed by atoms with Crippen molar-refractivity contribution in [3.05, 3.63) is 32.5 Å². The molecule has 3 rings (SSSR count). The number of thiazole rings is 1. The van der Waals surface area contributed by atoms with Gasteiger partial charge < -0.3 is 10.2 Å². The highest BCUT2D eigenvalue weighted by molar-refractivity contribution is 7.15. The summed E-state index contributed by atoms with van der Waals surface area (Å²) >= 11 is 3.76. The average Bonchev–Trinajstić information content (AvgIpc) is 3.12. The summed E-state index contributed by atoms with van der Waals surface area (Å²) in [6, 6.07) is 2.27. The van der Waals surface area contributed by atoms with Crippen LogP contribution in [-0.2, 0) is 19.5 Å². The van der Waals surface area contributed by atoms with Crippen molar-refractivity contribution in [1.82, 2.24) is 10.3 Å². The molecule has 21 heavy (non-hydrogen) atoms. The lowest BCUT2D eigenvalue weighted by atomic mass is 10.0. The summed E-state index contributed by atoms with van der Waals surface area (Å²) in [5, 5.41) is 6.70. The van der Waals surface area contributed by atoms with E-state index >= 15 is 0 Å². The molecule has 1 N–H and O–H groups in total. The van der Waals surface area contributed by atoms with E-state index in [-0.39, 0.29) is 0 Å². The maximum absolute atomic E-state index is 4.99. The largest absolute Gasteiger partial charge is 0.343 e. The minimum atomic E-state index is 0.542. The standard InChI is InChI=1S/C16H23N3S2/c1-4-11(2)15-14(9-17-3)21-16(18-15)19-7-5-13-12(10-19)6-8-20-13/h6,8,11,17H,4-5,7,9-10H2,1-3H3. The molecule has 0 aromatic carbocycles. The van der Waals surface area contributed by atoms with E-state index in [0.29, 0.717) is 5.92 Å². The zero-order valence-electron chi connectivity index (χ0n) is 13.0. The predicted molar refractivity (Wildman–Crippen MR) is 92.7 cm³/mol. The molecular formula is C16H23N3S2. The molecule has 0 aliphatic carbocycles. The molecule has 0 amide bonds. The zero-order valence-corrected chi connectivity index (χ0v) is 14.6. The highest BCUT2D eigenvalue weighted by Crippen LogP contribution is 2.35. The van der Waals surface area contributed by atoms with Gasteiger partial charge in [-0.25, -0.2) is 4.98 Å². The molecule has 2 aromatic heterocycles. The fraction of sp³-hybridized carbons (Fsp3) is 0.562. The van der Waals surface area contributed by atoms with Gasteiger partial charge in [0, 0.05) is 29.4 Å². The Labute approximate surface area is 135 Å². The van der Waals surface area contributed by atoms with Crippen molar-refractivity contribution >= 4 is 27.8 Å². The quantitative estimate of drug-likeness (QED) is 0.902. The van der Waals surface area contributed by atoms with E-state index in [0.717, 1.165) is 32.5 Å². The van der Waals surface area contributed by atoms with Gasteiger partial charge in [-0.05, 0) is 42.8 Å². The summed E-state index contributed by atoms with van der Waals surface area (Å²) in [4.78, 5) is 10.4. The fourth-order valence-electron chi connectivity index (χ4n) is 2.76. The number of hydrogen-bond acceptors (Lipinski definition) is 5. The molecule has 1 atom stereocenters. The number of rotatable bonds is 5. The third kappa shape index (κ3) is 3.00. The minimum absolute atomic E-state index is 0.542. The highest BCUT2D eigenvalue weighted by Gasteiger charge is 2.23. The molecule has 0 bridgehead atoms. The van der Waals surface area contributed by atoms with Crippen LogP contribution in [0.2, 0.25) is 0 Å². The van der Waals surface area contributed by atoms with Gasteiger partial charge in [-0.15, -0.1) is 22.7 Å². The third-order valence-electron chi connectivity index (χ3n) is 4.21. The number of nitrogens with zero attached hydrogens (tertiary/aromatic N) is 2. The van der Waals surface area contributed by atoms with Crippen LogP contribution in [0.25, 0.3) is 0 Å². The van der Waals surface area contributed by atoms with Crippen LogP contribution in [0.4, 0.5) is 5.13 Å². The maximum atomic E-state index is 4.99. The summed E-state index contributed by atoms with van der Waals surface area (Å²) in [6.07, 6.45) is 2.31. The van der Waals surface area contributed by atoms with Crippen LogP contribution in [0.3, 0.4) is 0 Å². The summed E-state index contributed by atoms with van der Waals surface area (Å²) < 4.78 is 0. The van der Waals surface area contributed by atoms with Gasteiger partial charge in [-0.1, -0.05) is 13.8 Å². The van der Waals surface area contributed by atoms with Crippen LogP contribution in [0, 0.1) is 0 Å². The molecular weight excluding hydrogens is 298 g/mol. The molecule has 2 aromatic rings. The van der Waals surface area contributed by atoms with Crippen molar-refractivity contribution in [2.45, 2.75) is 45.7 Å². The van der Waals surface area contributed by atoms with E-state index in [1.807, 2.05) is 29.7 Å². The lowest BCUT2D eigenvalue weighted by Gasteiger charge is -2.26. The van der Waals surface area contributed by atoms with Crippen LogP contribution in [0.15, 0.2) is 11.4 Å². The monoisotopic (exact) mass is 321 g/mol. The SMILES string of the molecule is CCC(C)c1nc(N2CCc3sccc3C2)sc1CNC. The average molecular weight is 322 g/mol. The van der Waals surface area contributed by atoms with E-state index in [4.69, 9.17) is 4.98 Å². The summed E-state index contributed by atoms with van der Waals surface area (Å²) in [7, 11) is 2.01. The number of anilines is 1. The highest BCUT2D eigenvalue weighted by atomic mass is 32.1. The zero-order chi connectivity index (χ0) is 14.8. The van der Waals surface area contributed by atoms with Crippen LogP contribution in [-0.4, -0.2) is 18.6 Å². The molecule has 0 radical (unpaired) electrons. The maximum Gasteiger partial charge on any atom is 0.186 e. The summed E-state index contributed by atoms with van der Waals surface area (Å²) in [5.41, 5.74) is 2.78. The lowest BCUT2D eigenvalue weighted by molar-refractivity contribution is 0.686. The van der Waals surface area contributed by atoms with E-state index < -0.39 is 0 Å².